The van der Waals surface area contributed by atoms with Gasteiger partial charge < -0.3 is 14.7 Å². The topological polar surface area (TPSA) is 47.1 Å². The van der Waals surface area contributed by atoms with Crippen molar-refractivity contribution < 1.29 is 9.59 Å². The summed E-state index contributed by atoms with van der Waals surface area (Å²) >= 11 is 0. The van der Waals surface area contributed by atoms with Gasteiger partial charge in [-0.15, -0.1) is 0 Å². The summed E-state index contributed by atoms with van der Waals surface area (Å²) in [4.78, 5) is 35.0. The predicted molar refractivity (Wildman–Crippen MR) is 130 cm³/mol. The van der Waals surface area contributed by atoms with Crippen LogP contribution < -0.4 is 4.90 Å². The van der Waals surface area contributed by atoms with Crippen LogP contribution in [0.5, 0.6) is 0 Å². The van der Waals surface area contributed by atoms with Crippen molar-refractivity contribution >= 4 is 17.5 Å². The first kappa shape index (κ1) is 22.0. The summed E-state index contributed by atoms with van der Waals surface area (Å²) in [5.74, 6) is 0.408. The molecule has 6 heteroatoms. The van der Waals surface area contributed by atoms with E-state index >= 15 is 0 Å². The molecule has 3 heterocycles. The number of likely N-dealkylation sites (tertiary alicyclic amines) is 1. The number of piperidine rings is 1. The van der Waals surface area contributed by atoms with Crippen LogP contribution in [0, 0.1) is 0 Å². The third-order valence-electron chi connectivity index (χ3n) is 7.34. The van der Waals surface area contributed by atoms with Crippen molar-refractivity contribution in [2.45, 2.75) is 31.7 Å². The SMILES string of the molecule is O=C(CN1CCN(C(=O)[C@H](c2ccccc2)N2CCc3ccccc32)CC1)N1CCCCC1. The molecule has 0 spiro atoms. The molecule has 6 nitrogen and oxygen atoms in total. The van der Waals surface area contributed by atoms with Crippen molar-refractivity contribution in [3.63, 3.8) is 0 Å². The fourth-order valence-electron chi connectivity index (χ4n) is 5.46. The maximum atomic E-state index is 13.9. The summed E-state index contributed by atoms with van der Waals surface area (Å²) in [5.41, 5.74) is 3.53. The molecule has 0 saturated carbocycles. The van der Waals surface area contributed by atoms with Crippen LogP contribution in [0.25, 0.3) is 0 Å². The molecule has 2 amide bonds. The summed E-state index contributed by atoms with van der Waals surface area (Å²) < 4.78 is 0. The summed E-state index contributed by atoms with van der Waals surface area (Å²) in [6.45, 7) is 5.97. The standard InChI is InChI=1S/C27H34N4O2/c32-25(29-14-7-2-8-15-29)21-28-17-19-30(20-18-28)27(33)26(23-10-3-1-4-11-23)31-16-13-22-9-5-6-12-24(22)31/h1,3-6,9-12,26H,2,7-8,13-21H2/t26-/m0/s1. The molecule has 33 heavy (non-hydrogen) atoms. The molecule has 2 aromatic rings. The first-order valence-corrected chi connectivity index (χ1v) is 12.4. The maximum Gasteiger partial charge on any atom is 0.250 e. The zero-order valence-electron chi connectivity index (χ0n) is 19.4. The molecular formula is C27H34N4O2. The normalized spacial score (nSPS) is 19.9. The predicted octanol–water partition coefficient (Wildman–Crippen LogP) is 2.95. The Hall–Kier alpha value is -2.86. The van der Waals surface area contributed by atoms with Gasteiger partial charge in [0.1, 0.15) is 6.04 Å². The molecule has 0 N–H and O–H groups in total. The zero-order chi connectivity index (χ0) is 22.6. The molecule has 0 aromatic heterocycles. The van der Waals surface area contributed by atoms with Crippen LogP contribution in [-0.2, 0) is 16.0 Å². The minimum Gasteiger partial charge on any atom is -0.355 e. The lowest BCUT2D eigenvalue weighted by Crippen LogP contribution is -2.54. The fourth-order valence-corrected chi connectivity index (χ4v) is 5.46. The van der Waals surface area contributed by atoms with E-state index in [1.807, 2.05) is 28.0 Å². The number of carbonyl (C=O) groups excluding carboxylic acids is 2. The fraction of sp³-hybridized carbons (Fsp3) is 0.481. The van der Waals surface area contributed by atoms with E-state index in [1.54, 1.807) is 0 Å². The number of fused-ring (bicyclic) bond motifs is 1. The molecular weight excluding hydrogens is 412 g/mol. The second-order valence-corrected chi connectivity index (χ2v) is 9.43. The summed E-state index contributed by atoms with van der Waals surface area (Å²) in [5, 5.41) is 0. The Morgan fingerprint density at radius 3 is 2.18 bits per heavy atom. The number of amides is 2. The van der Waals surface area contributed by atoms with Gasteiger partial charge in [-0.2, -0.15) is 0 Å². The first-order valence-electron chi connectivity index (χ1n) is 12.4. The quantitative estimate of drug-likeness (QED) is 0.709. The van der Waals surface area contributed by atoms with Gasteiger partial charge >= 0.3 is 0 Å². The number of nitrogens with zero attached hydrogens (tertiary/aromatic N) is 4. The lowest BCUT2D eigenvalue weighted by Gasteiger charge is -2.39. The Morgan fingerprint density at radius 2 is 1.42 bits per heavy atom. The third-order valence-corrected chi connectivity index (χ3v) is 7.34. The van der Waals surface area contributed by atoms with Crippen molar-refractivity contribution in [2.75, 3.05) is 57.3 Å². The number of rotatable bonds is 5. The van der Waals surface area contributed by atoms with E-state index in [9.17, 15) is 9.59 Å². The largest absolute Gasteiger partial charge is 0.355 e. The zero-order valence-corrected chi connectivity index (χ0v) is 19.4. The Kier molecular flexibility index (Phi) is 6.63. The van der Waals surface area contributed by atoms with Crippen LogP contribution in [-0.4, -0.2) is 78.9 Å². The van der Waals surface area contributed by atoms with Gasteiger partial charge in [0.25, 0.3) is 0 Å². The van der Waals surface area contributed by atoms with Gasteiger partial charge in [-0.05, 0) is 42.9 Å². The van der Waals surface area contributed by atoms with Gasteiger partial charge in [-0.3, -0.25) is 14.5 Å². The van der Waals surface area contributed by atoms with E-state index in [-0.39, 0.29) is 17.9 Å². The monoisotopic (exact) mass is 446 g/mol. The van der Waals surface area contributed by atoms with E-state index in [0.717, 1.165) is 57.5 Å². The molecule has 174 valence electrons. The van der Waals surface area contributed by atoms with Gasteiger partial charge in [0.2, 0.25) is 11.8 Å². The smallest absolute Gasteiger partial charge is 0.250 e. The Morgan fingerprint density at radius 1 is 0.727 bits per heavy atom. The molecule has 2 aromatic carbocycles. The van der Waals surface area contributed by atoms with E-state index in [0.29, 0.717) is 19.6 Å². The van der Waals surface area contributed by atoms with E-state index < -0.39 is 0 Å². The summed E-state index contributed by atoms with van der Waals surface area (Å²) in [7, 11) is 0. The van der Waals surface area contributed by atoms with Crippen LogP contribution in [0.2, 0.25) is 0 Å². The molecule has 0 unspecified atom stereocenters. The van der Waals surface area contributed by atoms with Crippen molar-refractivity contribution in [2.24, 2.45) is 0 Å². The van der Waals surface area contributed by atoms with Gasteiger partial charge in [0, 0.05) is 51.5 Å². The van der Waals surface area contributed by atoms with Crippen LogP contribution in [0.4, 0.5) is 5.69 Å². The molecule has 3 aliphatic rings. The van der Waals surface area contributed by atoms with Crippen molar-refractivity contribution in [3.05, 3.63) is 65.7 Å². The van der Waals surface area contributed by atoms with Gasteiger partial charge in [0.05, 0.1) is 6.54 Å². The lowest BCUT2D eigenvalue weighted by atomic mass is 10.0. The third kappa shape index (κ3) is 4.76. The Balaban J connectivity index is 1.26. The number of carbonyl (C=O) groups is 2. The van der Waals surface area contributed by atoms with Crippen molar-refractivity contribution in [3.8, 4) is 0 Å². The first-order chi connectivity index (χ1) is 16.2. The number of piperazine rings is 1. The Labute approximate surface area is 196 Å². The maximum absolute atomic E-state index is 13.9. The molecule has 0 aliphatic carbocycles. The second-order valence-electron chi connectivity index (χ2n) is 9.43. The molecule has 2 saturated heterocycles. The molecule has 2 fully saturated rings. The van der Waals surface area contributed by atoms with E-state index in [4.69, 9.17) is 0 Å². The highest BCUT2D eigenvalue weighted by molar-refractivity contribution is 5.88. The molecule has 1 atom stereocenters. The minimum absolute atomic E-state index is 0.167. The van der Waals surface area contributed by atoms with Gasteiger partial charge in [0.15, 0.2) is 0 Å². The van der Waals surface area contributed by atoms with Crippen molar-refractivity contribution in [1.29, 1.82) is 0 Å². The van der Waals surface area contributed by atoms with Crippen LogP contribution in [0.15, 0.2) is 54.6 Å². The van der Waals surface area contributed by atoms with Crippen LogP contribution >= 0.6 is 0 Å². The average Bonchev–Trinajstić information content (AvgIpc) is 3.29. The Bertz CT molecular complexity index is 965. The highest BCUT2D eigenvalue weighted by Crippen LogP contribution is 2.36. The summed E-state index contributed by atoms with van der Waals surface area (Å²) in [6, 6.07) is 18.3. The molecule has 3 aliphatic heterocycles. The molecule has 0 radical (unpaired) electrons. The minimum atomic E-state index is -0.309. The number of hydrogen-bond acceptors (Lipinski definition) is 4. The van der Waals surface area contributed by atoms with Gasteiger partial charge in [-0.25, -0.2) is 0 Å². The number of benzene rings is 2. The van der Waals surface area contributed by atoms with Crippen molar-refractivity contribution in [1.82, 2.24) is 14.7 Å². The summed E-state index contributed by atoms with van der Waals surface area (Å²) in [6.07, 6.45) is 4.44. The molecule has 5 rings (SSSR count). The van der Waals surface area contributed by atoms with E-state index in [1.165, 1.54) is 17.7 Å². The number of para-hydroxylation sites is 1. The highest BCUT2D eigenvalue weighted by Gasteiger charge is 2.36. The lowest BCUT2D eigenvalue weighted by molar-refractivity contribution is -0.136. The van der Waals surface area contributed by atoms with Gasteiger partial charge in [-0.1, -0.05) is 48.5 Å². The van der Waals surface area contributed by atoms with E-state index in [2.05, 4.69) is 46.2 Å². The van der Waals surface area contributed by atoms with Crippen LogP contribution in [0.3, 0.4) is 0 Å². The second kappa shape index (κ2) is 9.96. The number of hydrogen-bond donors (Lipinski definition) is 0. The molecule has 0 bridgehead atoms. The highest BCUT2D eigenvalue weighted by atomic mass is 16.2. The average molecular weight is 447 g/mol. The number of anilines is 1. The van der Waals surface area contributed by atoms with Crippen LogP contribution in [0.1, 0.15) is 36.4 Å².